The number of Topliss-reactive ketones (excluding diaryl/α,β-unsaturated/α-hetero) is 5. The number of hydrogen-bond acceptors (Lipinski definition) is 5. The van der Waals surface area contributed by atoms with Gasteiger partial charge in [-0.3, -0.25) is 19.2 Å². The zero-order chi connectivity index (χ0) is 15.3. The molecule has 5 nitrogen and oxygen atoms in total. The van der Waals surface area contributed by atoms with Gasteiger partial charge < -0.3 is 4.79 Å². The summed E-state index contributed by atoms with van der Waals surface area (Å²) in [5.74, 6) is -0.0833. The molecule has 0 unspecified atom stereocenters. The average Bonchev–Trinajstić information content (AvgIpc) is 1.96. The highest BCUT2D eigenvalue weighted by Gasteiger charge is 1.95. The van der Waals surface area contributed by atoms with E-state index >= 15 is 0 Å². The third-order valence-electron chi connectivity index (χ3n) is 0.996. The van der Waals surface area contributed by atoms with E-state index in [-0.39, 0.29) is 64.0 Å². The molecule has 0 rings (SSSR count). The van der Waals surface area contributed by atoms with Crippen molar-refractivity contribution in [2.24, 2.45) is 0 Å². The van der Waals surface area contributed by atoms with Crippen LogP contribution in [0.25, 0.3) is 0 Å². The maximum absolute atomic E-state index is 10.0. The van der Waals surface area contributed by atoms with E-state index in [1.165, 1.54) is 41.5 Å². The van der Waals surface area contributed by atoms with E-state index in [4.69, 9.17) is 0 Å². The number of carbonyl (C=O) groups is 5. The molecule has 0 fully saturated rings. The van der Waals surface area contributed by atoms with Crippen LogP contribution >= 0.6 is 0 Å². The van der Waals surface area contributed by atoms with E-state index in [2.05, 4.69) is 0 Å². The Bertz CT molecular complexity index is 263. The molecule has 0 heterocycles. The molecule has 0 radical (unpaired) electrons. The van der Waals surface area contributed by atoms with Gasteiger partial charge in [0.1, 0.15) is 28.9 Å². The monoisotopic (exact) mass is 306 g/mol. The van der Waals surface area contributed by atoms with Gasteiger partial charge >= 0.3 is 0 Å². The van der Waals surface area contributed by atoms with Crippen LogP contribution in [-0.4, -0.2) is 28.9 Å². The van der Waals surface area contributed by atoms with E-state index in [0.717, 1.165) is 0 Å². The fraction of sp³-hybridized carbons (Fsp3) is 0.688. The third kappa shape index (κ3) is 122. The largest absolute Gasteiger partial charge is 0.300 e. The van der Waals surface area contributed by atoms with Crippen LogP contribution in [0.4, 0.5) is 0 Å². The average molecular weight is 306 g/mol. The molecule has 0 saturated heterocycles. The molecule has 0 atom stereocenters. The number of hydrogen-bond donors (Lipinski definition) is 0. The molecule has 0 aliphatic carbocycles. The standard InChI is InChI=1S/2C5H8O2.C3H6O.3CH4/c2*1-4(6)3-5(2)7;1-3(2)4;;;/h2*3H2,1-2H3;1-2H3;3*1H4. The Balaban J connectivity index is -0.0000000388. The Morgan fingerprint density at radius 3 is 0.571 bits per heavy atom. The second-order valence-corrected chi connectivity index (χ2v) is 4.07. The van der Waals surface area contributed by atoms with E-state index in [1.54, 1.807) is 0 Å². The van der Waals surface area contributed by atoms with Crippen LogP contribution in [0.3, 0.4) is 0 Å². The molecule has 0 aromatic heterocycles. The smallest absolute Gasteiger partial charge is 0.137 e. The van der Waals surface area contributed by atoms with Gasteiger partial charge in [0.15, 0.2) is 0 Å². The highest BCUT2D eigenvalue weighted by atomic mass is 16.2. The van der Waals surface area contributed by atoms with Crippen molar-refractivity contribution in [3.8, 4) is 0 Å². The first-order valence-electron chi connectivity index (χ1n) is 5.43. The quantitative estimate of drug-likeness (QED) is 0.740. The van der Waals surface area contributed by atoms with Crippen LogP contribution < -0.4 is 0 Å². The van der Waals surface area contributed by atoms with Crippen molar-refractivity contribution in [2.45, 2.75) is 76.7 Å². The summed E-state index contributed by atoms with van der Waals surface area (Å²) >= 11 is 0. The summed E-state index contributed by atoms with van der Waals surface area (Å²) in [4.78, 5) is 49.6. The molecule has 21 heavy (non-hydrogen) atoms. The summed E-state index contributed by atoms with van der Waals surface area (Å²) in [5, 5.41) is 0. The molecule has 0 bridgehead atoms. The predicted octanol–water partition coefficient (Wildman–Crippen LogP) is 3.61. The Morgan fingerprint density at radius 2 is 0.571 bits per heavy atom. The fourth-order valence-corrected chi connectivity index (χ4v) is 0.701. The third-order valence-corrected chi connectivity index (χ3v) is 0.996. The molecule has 0 N–H and O–H groups in total. The molecule has 0 saturated carbocycles. The van der Waals surface area contributed by atoms with Crippen molar-refractivity contribution in [1.29, 1.82) is 0 Å². The SMILES string of the molecule is C.C.C.CC(=O)CC(C)=O.CC(=O)CC(C)=O.CC(C)=O. The van der Waals surface area contributed by atoms with Crippen molar-refractivity contribution in [1.82, 2.24) is 0 Å². The number of carbonyl (C=O) groups excluding carboxylic acids is 5. The zero-order valence-corrected chi connectivity index (χ0v) is 12.0. The minimum Gasteiger partial charge on any atom is -0.300 e. The number of ketones is 5. The van der Waals surface area contributed by atoms with E-state index < -0.39 is 0 Å². The zero-order valence-electron chi connectivity index (χ0n) is 12.0. The van der Waals surface area contributed by atoms with Crippen molar-refractivity contribution >= 4 is 28.9 Å². The summed E-state index contributed by atoms with van der Waals surface area (Å²) in [6.45, 7) is 8.67. The lowest BCUT2D eigenvalue weighted by Gasteiger charge is -1.81. The van der Waals surface area contributed by atoms with Gasteiger partial charge in [0.2, 0.25) is 0 Å². The fourth-order valence-electron chi connectivity index (χ4n) is 0.701. The van der Waals surface area contributed by atoms with Crippen molar-refractivity contribution in [3.63, 3.8) is 0 Å². The molecule has 0 spiro atoms. The van der Waals surface area contributed by atoms with Gasteiger partial charge in [0.05, 0.1) is 12.8 Å². The van der Waals surface area contributed by atoms with Crippen LogP contribution in [0, 0.1) is 0 Å². The normalized spacial score (nSPS) is 6.76. The maximum Gasteiger partial charge on any atom is 0.137 e. The summed E-state index contributed by atoms with van der Waals surface area (Å²) in [7, 11) is 0. The van der Waals surface area contributed by atoms with Crippen LogP contribution in [0.1, 0.15) is 76.7 Å². The van der Waals surface area contributed by atoms with E-state index in [9.17, 15) is 24.0 Å². The molecule has 5 heteroatoms. The lowest BCUT2D eigenvalue weighted by molar-refractivity contribution is -0.126. The summed E-state index contributed by atoms with van der Waals surface area (Å²) in [5.41, 5.74) is 0. The summed E-state index contributed by atoms with van der Waals surface area (Å²) in [6, 6.07) is 0. The lowest BCUT2D eigenvalue weighted by atomic mass is 10.2. The van der Waals surface area contributed by atoms with Crippen LogP contribution in [-0.2, 0) is 24.0 Å². The molecule has 128 valence electrons. The van der Waals surface area contributed by atoms with Crippen molar-refractivity contribution < 1.29 is 24.0 Å². The van der Waals surface area contributed by atoms with E-state index in [1.807, 2.05) is 0 Å². The highest BCUT2D eigenvalue weighted by molar-refractivity contribution is 5.97. The molecule has 0 amide bonds. The van der Waals surface area contributed by atoms with Gasteiger partial charge in [-0.2, -0.15) is 0 Å². The second kappa shape index (κ2) is 23.4. The van der Waals surface area contributed by atoms with E-state index in [0.29, 0.717) is 0 Å². The molecule has 0 aliphatic heterocycles. The molecular weight excluding hydrogens is 272 g/mol. The highest BCUT2D eigenvalue weighted by Crippen LogP contribution is 1.80. The van der Waals surface area contributed by atoms with Crippen LogP contribution in [0.5, 0.6) is 0 Å². The minimum absolute atomic E-state index is 0. The van der Waals surface area contributed by atoms with Crippen LogP contribution in [0.2, 0.25) is 0 Å². The predicted molar refractivity (Wildman–Crippen MR) is 88.5 cm³/mol. The van der Waals surface area contributed by atoms with Gasteiger partial charge in [-0.1, -0.05) is 22.3 Å². The Hall–Kier alpha value is -1.65. The van der Waals surface area contributed by atoms with Gasteiger partial charge in [-0.25, -0.2) is 0 Å². The number of rotatable bonds is 4. The molecular formula is C16H34O5. The topological polar surface area (TPSA) is 85.3 Å². The Morgan fingerprint density at radius 1 is 0.476 bits per heavy atom. The Kier molecular flexibility index (Phi) is 40.8. The summed E-state index contributed by atoms with van der Waals surface area (Å²) in [6.07, 6.45) is 0.167. The summed E-state index contributed by atoms with van der Waals surface area (Å²) < 4.78 is 0. The maximum atomic E-state index is 10.0. The van der Waals surface area contributed by atoms with Gasteiger partial charge in [-0.05, 0) is 41.5 Å². The first-order chi connectivity index (χ1) is 7.98. The van der Waals surface area contributed by atoms with Crippen LogP contribution in [0.15, 0.2) is 0 Å². The minimum atomic E-state index is -0.0625. The van der Waals surface area contributed by atoms with Crippen molar-refractivity contribution in [3.05, 3.63) is 0 Å². The molecule has 0 aromatic rings. The molecule has 0 aliphatic rings. The first-order valence-corrected chi connectivity index (χ1v) is 5.43. The van der Waals surface area contributed by atoms with Crippen molar-refractivity contribution in [2.75, 3.05) is 0 Å². The molecule has 0 aromatic carbocycles. The van der Waals surface area contributed by atoms with Gasteiger partial charge in [0, 0.05) is 0 Å². The van der Waals surface area contributed by atoms with Gasteiger partial charge in [0.25, 0.3) is 0 Å². The Labute approximate surface area is 130 Å². The first kappa shape index (κ1) is 36.6. The second-order valence-electron chi connectivity index (χ2n) is 4.07. The van der Waals surface area contributed by atoms with Gasteiger partial charge in [-0.15, -0.1) is 0 Å². The lowest BCUT2D eigenvalue weighted by Crippen LogP contribution is -1.97.